The molecular formula is C57H116O. The second kappa shape index (κ2) is 45.0. The lowest BCUT2D eigenvalue weighted by atomic mass is 9.70. The van der Waals surface area contributed by atoms with Crippen molar-refractivity contribution in [3.05, 3.63) is 0 Å². The van der Waals surface area contributed by atoms with E-state index in [0.29, 0.717) is 0 Å². The summed E-state index contributed by atoms with van der Waals surface area (Å²) >= 11 is 0. The van der Waals surface area contributed by atoms with E-state index in [1.807, 2.05) is 0 Å². The van der Waals surface area contributed by atoms with Gasteiger partial charge < -0.3 is 5.11 Å². The molecule has 0 aromatic rings. The van der Waals surface area contributed by atoms with Crippen LogP contribution in [0.3, 0.4) is 0 Å². The molecule has 1 nitrogen and oxygen atoms in total. The van der Waals surface area contributed by atoms with Crippen molar-refractivity contribution in [2.24, 2.45) is 23.2 Å². The normalized spacial score (nSPS) is 12.9. The molecule has 350 valence electrons. The van der Waals surface area contributed by atoms with Gasteiger partial charge in [-0.15, -0.1) is 0 Å². The van der Waals surface area contributed by atoms with Gasteiger partial charge in [-0.1, -0.05) is 311 Å². The zero-order chi connectivity index (χ0) is 42.6. The van der Waals surface area contributed by atoms with Crippen molar-refractivity contribution in [1.29, 1.82) is 0 Å². The van der Waals surface area contributed by atoms with E-state index >= 15 is 0 Å². The van der Waals surface area contributed by atoms with Gasteiger partial charge in [-0.05, 0) is 49.4 Å². The SMILES string of the molecule is CC(C)CCCCCCCCCCCCCCCC(CCCCCCCCCCCCCCCC(C)C)(CCCCCCCCCCCCCCCC(C)C)C(C)O. The topological polar surface area (TPSA) is 20.2 Å². The Labute approximate surface area is 370 Å². The number of hydrogen-bond acceptors (Lipinski definition) is 1. The third-order valence-electron chi connectivity index (χ3n) is 14.3. The Balaban J connectivity index is 4.34. The molecule has 1 N–H and O–H groups in total. The van der Waals surface area contributed by atoms with E-state index in [1.165, 1.54) is 289 Å². The maximum Gasteiger partial charge on any atom is 0.0568 e. The minimum atomic E-state index is -0.159. The van der Waals surface area contributed by atoms with Crippen LogP contribution in [-0.2, 0) is 0 Å². The van der Waals surface area contributed by atoms with Crippen molar-refractivity contribution in [2.45, 2.75) is 344 Å². The Morgan fingerprint density at radius 3 is 0.500 bits per heavy atom. The summed E-state index contributed by atoms with van der Waals surface area (Å²) in [6.45, 7) is 16.3. The first kappa shape index (κ1) is 58.0. The average molecular weight is 818 g/mol. The number of aliphatic hydroxyl groups excluding tert-OH is 1. The minimum Gasteiger partial charge on any atom is -0.393 e. The van der Waals surface area contributed by atoms with Gasteiger partial charge >= 0.3 is 0 Å². The highest BCUT2D eigenvalue weighted by molar-refractivity contribution is 4.85. The molecule has 1 atom stereocenters. The molecule has 1 heteroatoms. The fraction of sp³-hybridized carbons (Fsp3) is 1.00. The zero-order valence-corrected chi connectivity index (χ0v) is 42.1. The van der Waals surface area contributed by atoms with E-state index in [4.69, 9.17) is 0 Å². The maximum absolute atomic E-state index is 11.3. The Morgan fingerprint density at radius 1 is 0.224 bits per heavy atom. The summed E-state index contributed by atoms with van der Waals surface area (Å²) in [5.41, 5.74) is 0.165. The van der Waals surface area contributed by atoms with E-state index in [0.717, 1.165) is 17.8 Å². The number of rotatable bonds is 49. The Bertz CT molecular complexity index is 657. The summed E-state index contributed by atoms with van der Waals surface area (Å²) in [6, 6.07) is 0. The molecule has 0 aliphatic rings. The van der Waals surface area contributed by atoms with E-state index < -0.39 is 0 Å². The van der Waals surface area contributed by atoms with Gasteiger partial charge in [0.25, 0.3) is 0 Å². The standard InChI is InChI=1S/C57H116O/c1-53(2)47-41-35-29-23-17-11-8-14-20-26-32-38-44-50-57(56(7)58,51-45-39-33-27-21-15-9-12-18-24-30-36-42-48-54(3)4)52-46-40-34-28-22-16-10-13-19-25-31-37-43-49-55(5)6/h53-56,58H,8-52H2,1-7H3. The first-order chi connectivity index (χ1) is 28.2. The highest BCUT2D eigenvalue weighted by Crippen LogP contribution is 2.41. The predicted molar refractivity (Wildman–Crippen MR) is 266 cm³/mol. The van der Waals surface area contributed by atoms with Crippen LogP contribution in [0, 0.1) is 23.2 Å². The summed E-state index contributed by atoms with van der Waals surface area (Å²) < 4.78 is 0. The van der Waals surface area contributed by atoms with Crippen LogP contribution in [0.1, 0.15) is 337 Å². The molecule has 0 rings (SSSR count). The lowest BCUT2D eigenvalue weighted by Gasteiger charge is -2.37. The van der Waals surface area contributed by atoms with Gasteiger partial charge in [-0.2, -0.15) is 0 Å². The van der Waals surface area contributed by atoms with Crippen LogP contribution in [0.4, 0.5) is 0 Å². The lowest BCUT2D eigenvalue weighted by molar-refractivity contribution is 0.0110. The maximum atomic E-state index is 11.3. The molecule has 0 amide bonds. The summed E-state index contributed by atoms with van der Waals surface area (Å²) in [5.74, 6) is 2.63. The summed E-state index contributed by atoms with van der Waals surface area (Å²) in [7, 11) is 0. The molecule has 0 aliphatic heterocycles. The first-order valence-electron chi connectivity index (χ1n) is 27.9. The van der Waals surface area contributed by atoms with E-state index in [-0.39, 0.29) is 11.5 Å². The lowest BCUT2D eigenvalue weighted by Crippen LogP contribution is -2.33. The molecule has 0 aromatic heterocycles. The Kier molecular flexibility index (Phi) is 45.0. The van der Waals surface area contributed by atoms with Crippen LogP contribution >= 0.6 is 0 Å². The van der Waals surface area contributed by atoms with Gasteiger partial charge in [-0.25, -0.2) is 0 Å². The van der Waals surface area contributed by atoms with E-state index in [9.17, 15) is 5.11 Å². The monoisotopic (exact) mass is 817 g/mol. The number of aliphatic hydroxyl groups is 1. The Hall–Kier alpha value is -0.0400. The molecule has 0 radical (unpaired) electrons. The van der Waals surface area contributed by atoms with Crippen LogP contribution in [0.25, 0.3) is 0 Å². The molecule has 0 saturated carbocycles. The van der Waals surface area contributed by atoms with Crippen molar-refractivity contribution in [2.75, 3.05) is 0 Å². The van der Waals surface area contributed by atoms with Gasteiger partial charge in [0.05, 0.1) is 6.10 Å². The largest absolute Gasteiger partial charge is 0.393 e. The Morgan fingerprint density at radius 2 is 0.362 bits per heavy atom. The molecule has 0 spiro atoms. The van der Waals surface area contributed by atoms with Crippen LogP contribution in [0.15, 0.2) is 0 Å². The van der Waals surface area contributed by atoms with Crippen LogP contribution in [0.2, 0.25) is 0 Å². The average Bonchev–Trinajstić information content (AvgIpc) is 3.18. The third-order valence-corrected chi connectivity index (χ3v) is 14.3. The summed E-state index contributed by atoms with van der Waals surface area (Å²) in [5, 5.41) is 11.3. The minimum absolute atomic E-state index is 0.159. The molecule has 58 heavy (non-hydrogen) atoms. The summed E-state index contributed by atoms with van der Waals surface area (Å²) in [6.07, 6.45) is 63.7. The smallest absolute Gasteiger partial charge is 0.0568 e. The third kappa shape index (κ3) is 42.6. The highest BCUT2D eigenvalue weighted by Gasteiger charge is 2.33. The van der Waals surface area contributed by atoms with E-state index in [2.05, 4.69) is 48.5 Å². The van der Waals surface area contributed by atoms with Crippen molar-refractivity contribution >= 4 is 0 Å². The molecule has 0 aliphatic carbocycles. The number of hydrogen-bond donors (Lipinski definition) is 1. The predicted octanol–water partition coefficient (Wildman–Crippen LogP) is 20.9. The van der Waals surface area contributed by atoms with Gasteiger partial charge in [0, 0.05) is 0 Å². The second-order valence-electron chi connectivity index (χ2n) is 21.6. The van der Waals surface area contributed by atoms with Gasteiger partial charge in [0.1, 0.15) is 0 Å². The van der Waals surface area contributed by atoms with Gasteiger partial charge in [0.2, 0.25) is 0 Å². The zero-order valence-electron chi connectivity index (χ0n) is 42.1. The highest BCUT2D eigenvalue weighted by atomic mass is 16.3. The van der Waals surface area contributed by atoms with Crippen molar-refractivity contribution in [3.8, 4) is 0 Å². The molecule has 0 heterocycles. The van der Waals surface area contributed by atoms with Crippen LogP contribution < -0.4 is 0 Å². The van der Waals surface area contributed by atoms with Gasteiger partial charge in [0.15, 0.2) is 0 Å². The summed E-state index contributed by atoms with van der Waals surface area (Å²) in [4.78, 5) is 0. The van der Waals surface area contributed by atoms with Crippen molar-refractivity contribution in [1.82, 2.24) is 0 Å². The quantitative estimate of drug-likeness (QED) is 0.0607. The molecule has 0 bridgehead atoms. The molecular weight excluding hydrogens is 701 g/mol. The van der Waals surface area contributed by atoms with E-state index in [1.54, 1.807) is 0 Å². The second-order valence-corrected chi connectivity index (χ2v) is 21.6. The van der Waals surface area contributed by atoms with Crippen LogP contribution in [-0.4, -0.2) is 11.2 Å². The fourth-order valence-electron chi connectivity index (χ4n) is 9.92. The first-order valence-corrected chi connectivity index (χ1v) is 27.9. The fourth-order valence-corrected chi connectivity index (χ4v) is 9.92. The van der Waals surface area contributed by atoms with Gasteiger partial charge in [-0.3, -0.25) is 0 Å². The molecule has 0 fully saturated rings. The molecule has 1 unspecified atom stereocenters. The van der Waals surface area contributed by atoms with Crippen LogP contribution in [0.5, 0.6) is 0 Å². The number of unbranched alkanes of at least 4 members (excludes halogenated alkanes) is 36. The molecule has 0 saturated heterocycles. The van der Waals surface area contributed by atoms with Crippen molar-refractivity contribution < 1.29 is 5.11 Å². The molecule has 0 aromatic carbocycles. The van der Waals surface area contributed by atoms with Crippen molar-refractivity contribution in [3.63, 3.8) is 0 Å².